The maximum atomic E-state index is 9.97. The number of rotatable bonds is 5. The Balaban J connectivity index is 1.35. The molecule has 2 aliphatic rings. The highest BCUT2D eigenvalue weighted by atomic mass is 15.0. The van der Waals surface area contributed by atoms with Gasteiger partial charge in [0.25, 0.3) is 0 Å². The molecule has 0 unspecified atom stereocenters. The van der Waals surface area contributed by atoms with E-state index in [9.17, 15) is 9.60 Å². The first-order valence-corrected chi connectivity index (χ1v) is 16.3. The van der Waals surface area contributed by atoms with Gasteiger partial charge in [0.05, 0.1) is 4.11 Å². The summed E-state index contributed by atoms with van der Waals surface area (Å²) < 4.78 is 66.7. The van der Waals surface area contributed by atoms with Crippen molar-refractivity contribution in [1.82, 2.24) is 15.0 Å². The van der Waals surface area contributed by atoms with Crippen molar-refractivity contribution < 1.29 is 9.60 Å². The molecule has 6 aromatic carbocycles. The number of fused-ring (bicyclic) bond motifs is 5. The van der Waals surface area contributed by atoms with Gasteiger partial charge in [0, 0.05) is 27.6 Å². The van der Waals surface area contributed by atoms with Crippen molar-refractivity contribution in [2.24, 2.45) is 0 Å². The molecule has 1 spiro atoms. The van der Waals surface area contributed by atoms with Gasteiger partial charge in [-0.05, 0) is 69.4 Å². The fourth-order valence-corrected chi connectivity index (χ4v) is 6.98. The summed E-state index contributed by atoms with van der Waals surface area (Å²) in [5.74, 6) is 0.964. The molecule has 1 saturated carbocycles. The molecule has 0 radical (unpaired) electrons. The molecular weight excluding hydrogens is 583 g/mol. The Labute approximate surface area is 291 Å². The molecule has 9 rings (SSSR count). The molecule has 3 nitrogen and oxygen atoms in total. The van der Waals surface area contributed by atoms with Gasteiger partial charge in [-0.2, -0.15) is 0 Å². The summed E-state index contributed by atoms with van der Waals surface area (Å²) in [5, 5.41) is 0. The van der Waals surface area contributed by atoms with E-state index in [0.717, 1.165) is 22.3 Å². The predicted octanol–water partition coefficient (Wildman–Crippen LogP) is 11.4. The second kappa shape index (κ2) is 11.8. The summed E-state index contributed by atoms with van der Waals surface area (Å²) >= 11 is 0. The van der Waals surface area contributed by atoms with Gasteiger partial charge in [-0.25, -0.2) is 15.0 Å². The average molecular weight is 625 g/mol. The van der Waals surface area contributed by atoms with Crippen LogP contribution >= 0.6 is 0 Å². The second-order valence-electron chi connectivity index (χ2n) is 12.2. The molecule has 1 fully saturated rings. The normalized spacial score (nSPS) is 18.6. The van der Waals surface area contributed by atoms with Gasteiger partial charge in [0.15, 0.2) is 17.5 Å². The monoisotopic (exact) mass is 624 g/mol. The first-order valence-electron chi connectivity index (χ1n) is 19.8. The van der Waals surface area contributed by atoms with Crippen LogP contribution in [0, 0.1) is 0 Å². The van der Waals surface area contributed by atoms with Gasteiger partial charge in [-0.15, -0.1) is 0 Å². The molecule has 3 heteroatoms. The molecule has 0 aliphatic heterocycles. The Morgan fingerprint density at radius 3 is 1.67 bits per heavy atom. The van der Waals surface area contributed by atoms with E-state index in [1.165, 1.54) is 0 Å². The fraction of sp³-hybridized carbons (Fsp3) is 0.133. The third kappa shape index (κ3) is 4.86. The molecule has 2 aliphatic carbocycles. The minimum Gasteiger partial charge on any atom is -0.208 e. The zero-order valence-corrected chi connectivity index (χ0v) is 26.2. The summed E-state index contributed by atoms with van der Waals surface area (Å²) in [7, 11) is 0. The molecule has 0 bridgehead atoms. The molecule has 1 aromatic heterocycles. The molecule has 1 heterocycles. The Bertz CT molecular complexity index is 2540. The van der Waals surface area contributed by atoms with Gasteiger partial charge < -0.3 is 0 Å². The summed E-state index contributed by atoms with van der Waals surface area (Å²) in [6.45, 7) is 0. The first kappa shape index (κ1) is 22.0. The van der Waals surface area contributed by atoms with E-state index in [1.54, 1.807) is 12.1 Å². The van der Waals surface area contributed by atoms with E-state index < -0.39 is 18.2 Å². The van der Waals surface area contributed by atoms with Crippen LogP contribution < -0.4 is 0 Å². The molecule has 0 amide bonds. The molecule has 0 saturated heterocycles. The highest BCUT2D eigenvalue weighted by Crippen LogP contribution is 2.56. The standard InChI is InChI=1S/C45H35N3/c1-5-15-31(16-6-1)36-25-23-34(35-24-26-38-37-21-11-12-22-40(37)45(41(38)30-35)27-13-4-14-28-45)29-39(36)44-47-42(32-17-7-2-8-18-32)46-43(48-44)33-19-9-3-10-20-33/h1-3,5-12,15-26,29-30H,4,13-14,27-28H2/i23D,25D,27D2,28D2,29D. The van der Waals surface area contributed by atoms with Crippen LogP contribution in [0.3, 0.4) is 0 Å². The Morgan fingerprint density at radius 1 is 0.438 bits per heavy atom. The summed E-state index contributed by atoms with van der Waals surface area (Å²) in [4.78, 5) is 14.8. The maximum absolute atomic E-state index is 9.97. The van der Waals surface area contributed by atoms with Crippen LogP contribution in [0.25, 0.3) is 67.5 Å². The quantitative estimate of drug-likeness (QED) is 0.191. The largest absolute Gasteiger partial charge is 0.208 e. The fourth-order valence-electron chi connectivity index (χ4n) is 6.98. The molecular formula is C45H35N3. The minimum absolute atomic E-state index is 0.0664. The highest BCUT2D eigenvalue weighted by molar-refractivity contribution is 5.88. The summed E-state index contributed by atoms with van der Waals surface area (Å²) in [6.07, 6.45) is -3.06. The van der Waals surface area contributed by atoms with Crippen LogP contribution in [0.4, 0.5) is 0 Å². The number of hydrogen-bond acceptors (Lipinski definition) is 3. The van der Waals surface area contributed by atoms with Crippen molar-refractivity contribution in [3.8, 4) is 67.5 Å². The van der Waals surface area contributed by atoms with E-state index in [4.69, 9.17) is 15.0 Å². The lowest BCUT2D eigenvalue weighted by Gasteiger charge is -2.36. The van der Waals surface area contributed by atoms with Crippen LogP contribution in [0.2, 0.25) is 0 Å². The summed E-state index contributed by atoms with van der Waals surface area (Å²) in [5.41, 5.74) is 4.33. The van der Waals surface area contributed by atoms with Gasteiger partial charge in [0.1, 0.15) is 0 Å². The zero-order valence-electron chi connectivity index (χ0n) is 33.2. The van der Waals surface area contributed by atoms with Crippen molar-refractivity contribution in [1.29, 1.82) is 0 Å². The Hall–Kier alpha value is -5.67. The van der Waals surface area contributed by atoms with E-state index in [1.807, 2.05) is 121 Å². The second-order valence-corrected chi connectivity index (χ2v) is 12.2. The van der Waals surface area contributed by atoms with Crippen LogP contribution in [0.5, 0.6) is 0 Å². The van der Waals surface area contributed by atoms with Gasteiger partial charge >= 0.3 is 0 Å². The maximum Gasteiger partial charge on any atom is 0.164 e. The summed E-state index contributed by atoms with van der Waals surface area (Å²) in [6, 6.07) is 40.9. The highest BCUT2D eigenvalue weighted by Gasteiger charge is 2.43. The zero-order chi connectivity index (χ0) is 38.1. The lowest BCUT2D eigenvalue weighted by Crippen LogP contribution is -2.28. The lowest BCUT2D eigenvalue weighted by atomic mass is 9.67. The van der Waals surface area contributed by atoms with Crippen molar-refractivity contribution in [2.45, 2.75) is 37.4 Å². The van der Waals surface area contributed by atoms with E-state index in [2.05, 4.69) is 0 Å². The first-order chi connectivity index (χ1) is 26.5. The number of nitrogens with zero attached hydrogens (tertiary/aromatic N) is 3. The SMILES string of the molecule is [2H]c1c([2H])c(-c2ccccc2)c(-c2nc(-c3ccccc3)nc(-c3ccccc3)n2)c([2H])c1-c1ccc2c(c1)C1(c3ccccc3-2)C([2H])([2H])CCCC1([2H])[2H]. The lowest BCUT2D eigenvalue weighted by molar-refractivity contribution is 0.353. The van der Waals surface area contributed by atoms with Crippen LogP contribution in [-0.4, -0.2) is 15.0 Å². The smallest absolute Gasteiger partial charge is 0.164 e. The predicted molar refractivity (Wildman–Crippen MR) is 196 cm³/mol. The van der Waals surface area contributed by atoms with Gasteiger partial charge in [0.2, 0.25) is 0 Å². The van der Waals surface area contributed by atoms with Crippen LogP contribution in [0.15, 0.2) is 152 Å². The molecule has 0 N–H and O–H groups in total. The Kier molecular flexibility index (Phi) is 5.43. The number of benzene rings is 6. The molecule has 230 valence electrons. The van der Waals surface area contributed by atoms with E-state index in [0.29, 0.717) is 45.9 Å². The van der Waals surface area contributed by atoms with Crippen molar-refractivity contribution in [2.75, 3.05) is 0 Å². The number of aromatic nitrogens is 3. The molecule has 7 aromatic rings. The van der Waals surface area contributed by atoms with Crippen LogP contribution in [0.1, 0.15) is 52.7 Å². The van der Waals surface area contributed by atoms with Crippen molar-refractivity contribution >= 4 is 0 Å². The average Bonchev–Trinajstić information content (AvgIpc) is 3.51. The van der Waals surface area contributed by atoms with Crippen LogP contribution in [-0.2, 0) is 5.41 Å². The van der Waals surface area contributed by atoms with Gasteiger partial charge in [-0.3, -0.25) is 0 Å². The Morgan fingerprint density at radius 2 is 1.00 bits per heavy atom. The van der Waals surface area contributed by atoms with Crippen molar-refractivity contribution in [3.05, 3.63) is 163 Å². The third-order valence-electron chi connectivity index (χ3n) is 9.27. The number of hydrogen-bond donors (Lipinski definition) is 0. The topological polar surface area (TPSA) is 38.7 Å². The minimum atomic E-state index is -1.93. The van der Waals surface area contributed by atoms with E-state index in [-0.39, 0.29) is 47.9 Å². The molecule has 48 heavy (non-hydrogen) atoms. The van der Waals surface area contributed by atoms with Crippen molar-refractivity contribution in [3.63, 3.8) is 0 Å². The molecule has 0 atom stereocenters. The van der Waals surface area contributed by atoms with E-state index >= 15 is 0 Å². The third-order valence-corrected chi connectivity index (χ3v) is 9.27. The van der Waals surface area contributed by atoms with Gasteiger partial charge in [-0.1, -0.05) is 159 Å².